The maximum atomic E-state index is 11.3. The summed E-state index contributed by atoms with van der Waals surface area (Å²) in [5.41, 5.74) is 3.26. The van der Waals surface area contributed by atoms with Crippen molar-refractivity contribution in [2.75, 3.05) is 19.7 Å². The van der Waals surface area contributed by atoms with Crippen LogP contribution in [0.1, 0.15) is 38.4 Å². The summed E-state index contributed by atoms with van der Waals surface area (Å²) in [6.45, 7) is 5.93. The largest absolute Gasteiger partial charge is 0.488 e. The molecule has 2 aromatic rings. The van der Waals surface area contributed by atoms with Crippen LogP contribution in [0.25, 0.3) is 10.9 Å². The molecular formula is C22H28N2O3. The maximum Gasteiger partial charge on any atom is 0.120 e. The van der Waals surface area contributed by atoms with Crippen LogP contribution < -0.4 is 4.74 Å². The van der Waals surface area contributed by atoms with E-state index in [2.05, 4.69) is 22.9 Å². The first kappa shape index (κ1) is 18.4. The topological polar surface area (TPSA) is 65.8 Å². The second-order valence-corrected chi connectivity index (χ2v) is 7.76. The van der Waals surface area contributed by atoms with Gasteiger partial charge in [-0.15, -0.1) is 0 Å². The molecule has 3 saturated heterocycles. The molecule has 5 heteroatoms. The van der Waals surface area contributed by atoms with Crippen molar-refractivity contribution in [3.8, 4) is 5.75 Å². The molecule has 1 aromatic heterocycles. The predicted molar refractivity (Wildman–Crippen MR) is 106 cm³/mol. The van der Waals surface area contributed by atoms with E-state index in [1.807, 2.05) is 31.2 Å². The van der Waals surface area contributed by atoms with E-state index in [-0.39, 0.29) is 18.8 Å². The molecule has 0 spiro atoms. The van der Waals surface area contributed by atoms with Gasteiger partial charge in [0.1, 0.15) is 11.9 Å². The average molecular weight is 368 g/mol. The van der Waals surface area contributed by atoms with Gasteiger partial charge in [0, 0.05) is 24.2 Å². The van der Waals surface area contributed by atoms with E-state index in [4.69, 9.17) is 4.74 Å². The first-order chi connectivity index (χ1) is 13.1. The summed E-state index contributed by atoms with van der Waals surface area (Å²) >= 11 is 0. The summed E-state index contributed by atoms with van der Waals surface area (Å²) in [6, 6.07) is 7.77. The molecular weight excluding hydrogens is 340 g/mol. The van der Waals surface area contributed by atoms with Crippen LogP contribution in [-0.2, 0) is 0 Å². The Morgan fingerprint density at radius 3 is 2.93 bits per heavy atom. The minimum absolute atomic E-state index is 0.0355. The molecule has 27 heavy (non-hydrogen) atoms. The third-order valence-electron chi connectivity index (χ3n) is 6.06. The van der Waals surface area contributed by atoms with Crippen molar-refractivity contribution in [1.29, 1.82) is 0 Å². The van der Waals surface area contributed by atoms with E-state index >= 15 is 0 Å². The molecule has 2 N–H and O–H groups in total. The van der Waals surface area contributed by atoms with Gasteiger partial charge in [-0.25, -0.2) is 0 Å². The molecule has 5 rings (SSSR count). The number of piperidine rings is 3. The lowest BCUT2D eigenvalue weighted by atomic mass is 9.76. The molecule has 1 aromatic carbocycles. The number of aliphatic hydroxyl groups excluding tert-OH is 2. The third-order valence-corrected chi connectivity index (χ3v) is 6.06. The molecule has 3 aliphatic heterocycles. The van der Waals surface area contributed by atoms with Crippen LogP contribution in [0.2, 0.25) is 0 Å². The molecule has 0 radical (unpaired) electrons. The molecule has 0 saturated carbocycles. The second kappa shape index (κ2) is 7.58. The van der Waals surface area contributed by atoms with Crippen molar-refractivity contribution in [1.82, 2.24) is 9.88 Å². The number of allylic oxidation sites excluding steroid dienone is 1. The van der Waals surface area contributed by atoms with Crippen LogP contribution in [0.15, 0.2) is 42.1 Å². The van der Waals surface area contributed by atoms with Crippen LogP contribution >= 0.6 is 0 Å². The van der Waals surface area contributed by atoms with Gasteiger partial charge in [-0.2, -0.15) is 0 Å². The number of nitrogens with zero attached hydrogens (tertiary/aromatic N) is 2. The Kier molecular flexibility index (Phi) is 5.17. The smallest absolute Gasteiger partial charge is 0.120 e. The molecule has 144 valence electrons. The summed E-state index contributed by atoms with van der Waals surface area (Å²) in [5, 5.41) is 21.4. The highest BCUT2D eigenvalue weighted by Crippen LogP contribution is 2.41. The Morgan fingerprint density at radius 2 is 2.22 bits per heavy atom. The SMILES string of the molecule is CC=C1CN2CC[C@H]1C[C@H]2[C@H](O)c1ccnc2ccc(OC(C)CO)cc12. The third kappa shape index (κ3) is 3.47. The number of benzene rings is 1. The Morgan fingerprint density at radius 1 is 1.37 bits per heavy atom. The summed E-state index contributed by atoms with van der Waals surface area (Å²) in [7, 11) is 0. The molecule has 0 amide bonds. The molecule has 5 atom stereocenters. The second-order valence-electron chi connectivity index (χ2n) is 7.76. The van der Waals surface area contributed by atoms with Gasteiger partial charge in [-0.05, 0) is 69.0 Å². The molecule has 0 aliphatic carbocycles. The van der Waals surface area contributed by atoms with E-state index < -0.39 is 6.10 Å². The molecule has 5 nitrogen and oxygen atoms in total. The Labute approximate surface area is 160 Å². The number of ether oxygens (including phenoxy) is 1. The number of hydrogen-bond donors (Lipinski definition) is 2. The van der Waals surface area contributed by atoms with Crippen molar-refractivity contribution >= 4 is 10.9 Å². The zero-order valence-electron chi connectivity index (χ0n) is 16.0. The molecule has 3 aliphatic rings. The summed E-state index contributed by atoms with van der Waals surface area (Å²) in [5.74, 6) is 1.28. The Balaban J connectivity index is 1.65. The van der Waals surface area contributed by atoms with Crippen LogP contribution in [-0.4, -0.2) is 51.9 Å². The first-order valence-electron chi connectivity index (χ1n) is 9.84. The fourth-order valence-corrected chi connectivity index (χ4v) is 4.55. The van der Waals surface area contributed by atoms with Crippen LogP contribution in [0.4, 0.5) is 0 Å². The van der Waals surface area contributed by atoms with Gasteiger partial charge < -0.3 is 14.9 Å². The van der Waals surface area contributed by atoms with Gasteiger partial charge in [-0.3, -0.25) is 9.88 Å². The Bertz CT molecular complexity index is 851. The Hall–Kier alpha value is -1.95. The number of fused-ring (bicyclic) bond motifs is 4. The highest BCUT2D eigenvalue weighted by molar-refractivity contribution is 5.84. The van der Waals surface area contributed by atoms with Gasteiger partial charge in [-0.1, -0.05) is 11.6 Å². The summed E-state index contributed by atoms with van der Waals surface area (Å²) in [4.78, 5) is 6.86. The zero-order valence-corrected chi connectivity index (χ0v) is 16.0. The highest BCUT2D eigenvalue weighted by Gasteiger charge is 2.40. The van der Waals surface area contributed by atoms with Crippen molar-refractivity contribution in [3.05, 3.63) is 47.7 Å². The molecule has 3 fully saturated rings. The number of aromatic nitrogens is 1. The fourth-order valence-electron chi connectivity index (χ4n) is 4.55. The summed E-state index contributed by atoms with van der Waals surface area (Å²) in [6.07, 6.45) is 5.38. The monoisotopic (exact) mass is 368 g/mol. The standard InChI is InChI=1S/C22H28N2O3/c1-3-15-12-24-9-7-16(15)10-21(24)22(26)18-6-8-23-20-5-4-17(11-19(18)20)27-14(2)13-25/h3-6,8,11,14,16,21-22,25-26H,7,9-10,12-13H2,1-2H3/t14?,16-,21-,22+/m0/s1. The molecule has 4 heterocycles. The quantitative estimate of drug-likeness (QED) is 0.794. The van der Waals surface area contributed by atoms with E-state index in [9.17, 15) is 10.2 Å². The first-order valence-corrected chi connectivity index (χ1v) is 9.84. The van der Waals surface area contributed by atoms with E-state index in [1.54, 1.807) is 6.20 Å². The van der Waals surface area contributed by atoms with E-state index in [0.29, 0.717) is 11.7 Å². The van der Waals surface area contributed by atoms with Crippen molar-refractivity contribution in [2.45, 2.75) is 44.9 Å². The number of aliphatic hydroxyl groups is 2. The van der Waals surface area contributed by atoms with Gasteiger partial charge in [0.2, 0.25) is 0 Å². The minimum Gasteiger partial charge on any atom is -0.488 e. The van der Waals surface area contributed by atoms with Crippen molar-refractivity contribution in [2.24, 2.45) is 5.92 Å². The van der Waals surface area contributed by atoms with Crippen LogP contribution in [0.5, 0.6) is 5.75 Å². The van der Waals surface area contributed by atoms with Gasteiger partial charge in [0.25, 0.3) is 0 Å². The predicted octanol–water partition coefficient (Wildman–Crippen LogP) is 3.07. The van der Waals surface area contributed by atoms with E-state index in [0.717, 1.165) is 36.0 Å². The zero-order chi connectivity index (χ0) is 19.0. The van der Waals surface area contributed by atoms with Gasteiger partial charge in [0.15, 0.2) is 0 Å². The molecule has 2 bridgehead atoms. The summed E-state index contributed by atoms with van der Waals surface area (Å²) < 4.78 is 5.75. The van der Waals surface area contributed by atoms with Crippen molar-refractivity contribution < 1.29 is 14.9 Å². The van der Waals surface area contributed by atoms with E-state index in [1.165, 1.54) is 12.0 Å². The number of rotatable bonds is 5. The maximum absolute atomic E-state index is 11.3. The normalized spacial score (nSPS) is 28.4. The van der Waals surface area contributed by atoms with Gasteiger partial charge in [0.05, 0.1) is 18.2 Å². The minimum atomic E-state index is -0.553. The lowest BCUT2D eigenvalue weighted by Crippen LogP contribution is -2.52. The molecule has 2 unspecified atom stereocenters. The number of pyridine rings is 1. The fraction of sp³-hybridized carbons (Fsp3) is 0.500. The lowest BCUT2D eigenvalue weighted by molar-refractivity contribution is -0.00340. The lowest BCUT2D eigenvalue weighted by Gasteiger charge is -2.48. The highest BCUT2D eigenvalue weighted by atomic mass is 16.5. The van der Waals surface area contributed by atoms with Crippen LogP contribution in [0, 0.1) is 5.92 Å². The van der Waals surface area contributed by atoms with Gasteiger partial charge >= 0.3 is 0 Å². The number of hydrogen-bond acceptors (Lipinski definition) is 5. The van der Waals surface area contributed by atoms with Crippen LogP contribution in [0.3, 0.4) is 0 Å². The van der Waals surface area contributed by atoms with Crippen molar-refractivity contribution in [3.63, 3.8) is 0 Å². The average Bonchev–Trinajstić information content (AvgIpc) is 2.72.